The third-order valence-corrected chi connectivity index (χ3v) is 2.53. The minimum Gasteiger partial charge on any atom is -0.481 e. The largest absolute Gasteiger partial charge is 0.481 e. The van der Waals surface area contributed by atoms with Crippen LogP contribution in [0.3, 0.4) is 0 Å². The van der Waals surface area contributed by atoms with Gasteiger partial charge in [0.2, 0.25) is 0 Å². The lowest BCUT2D eigenvalue weighted by Gasteiger charge is -2.10. The Morgan fingerprint density at radius 2 is 1.81 bits per heavy atom. The first-order valence-corrected chi connectivity index (χ1v) is 5.47. The highest BCUT2D eigenvalue weighted by Gasteiger charge is 2.10. The molecule has 0 fully saturated rings. The number of benzene rings is 1. The second kappa shape index (κ2) is 5.66. The molecule has 16 heavy (non-hydrogen) atoms. The average molecular weight is 222 g/mol. The van der Waals surface area contributed by atoms with Crippen LogP contribution in [0, 0.1) is 0 Å². The molecular weight excluding hydrogens is 204 g/mol. The second-order valence-electron chi connectivity index (χ2n) is 4.35. The second-order valence-corrected chi connectivity index (χ2v) is 4.35. The van der Waals surface area contributed by atoms with E-state index in [0.29, 0.717) is 12.3 Å². The van der Waals surface area contributed by atoms with Crippen molar-refractivity contribution in [3.8, 4) is 0 Å². The van der Waals surface area contributed by atoms with E-state index in [4.69, 9.17) is 5.11 Å². The normalized spacial score (nSPS) is 12.8. The maximum atomic E-state index is 10.4. The zero-order valence-corrected chi connectivity index (χ0v) is 9.68. The van der Waals surface area contributed by atoms with E-state index in [2.05, 4.69) is 13.8 Å². The number of aliphatic hydroxyl groups excluding tert-OH is 1. The fourth-order valence-electron chi connectivity index (χ4n) is 1.58. The minimum atomic E-state index is -0.966. The monoisotopic (exact) mass is 222 g/mol. The third-order valence-electron chi connectivity index (χ3n) is 2.53. The summed E-state index contributed by atoms with van der Waals surface area (Å²) in [5.41, 5.74) is 2.22. The molecule has 0 bridgehead atoms. The molecule has 2 N–H and O–H groups in total. The van der Waals surface area contributed by atoms with Crippen molar-refractivity contribution in [2.45, 2.75) is 38.7 Å². The van der Waals surface area contributed by atoms with Crippen LogP contribution in [0.2, 0.25) is 0 Å². The van der Waals surface area contributed by atoms with E-state index in [1.165, 1.54) is 5.56 Å². The summed E-state index contributed by atoms with van der Waals surface area (Å²) in [5, 5.41) is 18.0. The van der Waals surface area contributed by atoms with E-state index < -0.39 is 12.1 Å². The molecule has 1 atom stereocenters. The Morgan fingerprint density at radius 3 is 2.25 bits per heavy atom. The summed E-state index contributed by atoms with van der Waals surface area (Å²) in [6.45, 7) is 4.24. The fourth-order valence-corrected chi connectivity index (χ4v) is 1.58. The van der Waals surface area contributed by atoms with Crippen molar-refractivity contribution in [2.75, 3.05) is 0 Å². The van der Waals surface area contributed by atoms with Crippen molar-refractivity contribution in [3.63, 3.8) is 0 Å². The van der Waals surface area contributed by atoms with Gasteiger partial charge in [-0.2, -0.15) is 0 Å². The van der Waals surface area contributed by atoms with Gasteiger partial charge in [-0.25, -0.2) is 0 Å². The number of carboxylic acid groups (broad SMARTS) is 1. The summed E-state index contributed by atoms with van der Waals surface area (Å²) in [4.78, 5) is 10.4. The molecule has 0 radical (unpaired) electrons. The van der Waals surface area contributed by atoms with E-state index in [1.54, 1.807) is 0 Å². The van der Waals surface area contributed by atoms with Crippen LogP contribution >= 0.6 is 0 Å². The molecule has 1 aromatic carbocycles. The van der Waals surface area contributed by atoms with E-state index in [9.17, 15) is 9.90 Å². The molecule has 0 aliphatic rings. The van der Waals surface area contributed by atoms with Crippen molar-refractivity contribution in [3.05, 3.63) is 35.4 Å². The van der Waals surface area contributed by atoms with Gasteiger partial charge in [0.25, 0.3) is 0 Å². The third kappa shape index (κ3) is 4.03. The van der Waals surface area contributed by atoms with Crippen LogP contribution in [0.4, 0.5) is 0 Å². The number of aliphatic carboxylic acids is 1. The van der Waals surface area contributed by atoms with Crippen LogP contribution in [0.5, 0.6) is 0 Å². The van der Waals surface area contributed by atoms with E-state index in [0.717, 1.165) is 5.56 Å². The number of carboxylic acids is 1. The summed E-state index contributed by atoms with van der Waals surface area (Å²) in [6, 6.07) is 7.93. The number of aliphatic hydroxyl groups is 1. The fraction of sp³-hybridized carbons (Fsp3) is 0.462. The highest BCUT2D eigenvalue weighted by atomic mass is 16.4. The molecule has 1 rings (SSSR count). The van der Waals surface area contributed by atoms with Crippen molar-refractivity contribution < 1.29 is 15.0 Å². The summed E-state index contributed by atoms with van der Waals surface area (Å²) >= 11 is 0. The van der Waals surface area contributed by atoms with Gasteiger partial charge in [0.05, 0.1) is 12.5 Å². The Hall–Kier alpha value is -1.35. The van der Waals surface area contributed by atoms with Crippen molar-refractivity contribution in [2.24, 2.45) is 0 Å². The summed E-state index contributed by atoms with van der Waals surface area (Å²) in [7, 11) is 0. The lowest BCUT2D eigenvalue weighted by atomic mass is 9.99. The van der Waals surface area contributed by atoms with Crippen LogP contribution in [-0.4, -0.2) is 22.3 Å². The molecule has 3 nitrogen and oxygen atoms in total. The molecule has 1 unspecified atom stereocenters. The van der Waals surface area contributed by atoms with Gasteiger partial charge in [0.1, 0.15) is 0 Å². The van der Waals surface area contributed by atoms with Crippen molar-refractivity contribution in [1.29, 1.82) is 0 Å². The zero-order valence-electron chi connectivity index (χ0n) is 9.68. The Labute approximate surface area is 95.7 Å². The molecule has 0 spiro atoms. The number of carbonyl (C=O) groups is 1. The van der Waals surface area contributed by atoms with E-state index >= 15 is 0 Å². The van der Waals surface area contributed by atoms with Crippen molar-refractivity contribution >= 4 is 5.97 Å². The van der Waals surface area contributed by atoms with Gasteiger partial charge in [-0.3, -0.25) is 4.79 Å². The smallest absolute Gasteiger partial charge is 0.305 e. The Morgan fingerprint density at radius 1 is 1.25 bits per heavy atom. The van der Waals surface area contributed by atoms with Gasteiger partial charge in [0, 0.05) is 0 Å². The zero-order chi connectivity index (χ0) is 12.1. The number of rotatable bonds is 5. The van der Waals surface area contributed by atoms with Crippen LogP contribution < -0.4 is 0 Å². The summed E-state index contributed by atoms with van der Waals surface area (Å²) < 4.78 is 0. The maximum Gasteiger partial charge on any atom is 0.305 e. The van der Waals surface area contributed by atoms with Gasteiger partial charge in [-0.05, 0) is 23.5 Å². The first-order valence-electron chi connectivity index (χ1n) is 5.47. The van der Waals surface area contributed by atoms with Gasteiger partial charge in [-0.15, -0.1) is 0 Å². The van der Waals surface area contributed by atoms with Gasteiger partial charge in [-0.1, -0.05) is 38.1 Å². The predicted molar refractivity (Wildman–Crippen MR) is 62.5 cm³/mol. The minimum absolute atomic E-state index is 0.202. The standard InChI is InChI=1S/C13H18O3/c1-9(2)11-5-3-10(4-6-11)7-12(14)8-13(15)16/h3-6,9,12,14H,7-8H2,1-2H3,(H,15,16). The highest BCUT2D eigenvalue weighted by molar-refractivity contribution is 5.67. The molecule has 0 amide bonds. The first-order chi connectivity index (χ1) is 7.49. The lowest BCUT2D eigenvalue weighted by Crippen LogP contribution is -2.15. The maximum absolute atomic E-state index is 10.4. The molecule has 0 aromatic heterocycles. The summed E-state index contributed by atoms with van der Waals surface area (Å²) in [5.74, 6) is -0.482. The molecule has 0 saturated carbocycles. The average Bonchev–Trinajstić information content (AvgIpc) is 2.16. The topological polar surface area (TPSA) is 57.5 Å². The molecule has 0 heterocycles. The Balaban J connectivity index is 2.58. The SMILES string of the molecule is CC(C)c1ccc(CC(O)CC(=O)O)cc1. The Kier molecular flexibility index (Phi) is 4.50. The van der Waals surface area contributed by atoms with E-state index in [-0.39, 0.29) is 6.42 Å². The predicted octanol–water partition coefficient (Wildman–Crippen LogP) is 2.19. The molecule has 1 aromatic rings. The highest BCUT2D eigenvalue weighted by Crippen LogP contribution is 2.15. The van der Waals surface area contributed by atoms with E-state index in [1.807, 2.05) is 24.3 Å². The quantitative estimate of drug-likeness (QED) is 0.802. The number of hydrogen-bond acceptors (Lipinski definition) is 2. The van der Waals surface area contributed by atoms with Crippen LogP contribution in [-0.2, 0) is 11.2 Å². The molecule has 0 aliphatic carbocycles. The molecular formula is C13H18O3. The van der Waals surface area contributed by atoms with Crippen LogP contribution in [0.15, 0.2) is 24.3 Å². The van der Waals surface area contributed by atoms with Crippen LogP contribution in [0.25, 0.3) is 0 Å². The summed E-state index contributed by atoms with van der Waals surface area (Å²) in [6.07, 6.45) is -0.612. The van der Waals surface area contributed by atoms with Gasteiger partial charge in [0.15, 0.2) is 0 Å². The molecule has 0 aliphatic heterocycles. The van der Waals surface area contributed by atoms with Gasteiger partial charge >= 0.3 is 5.97 Å². The van der Waals surface area contributed by atoms with Gasteiger partial charge < -0.3 is 10.2 Å². The van der Waals surface area contributed by atoms with Crippen molar-refractivity contribution in [1.82, 2.24) is 0 Å². The first kappa shape index (κ1) is 12.7. The molecule has 0 saturated heterocycles. The molecule has 3 heteroatoms. The number of hydrogen-bond donors (Lipinski definition) is 2. The Bertz CT molecular complexity index is 341. The van der Waals surface area contributed by atoms with Crippen LogP contribution in [0.1, 0.15) is 37.3 Å². The lowest BCUT2D eigenvalue weighted by molar-refractivity contribution is -0.139. The molecule has 88 valence electrons.